The van der Waals surface area contributed by atoms with Gasteiger partial charge in [0.2, 0.25) is 0 Å². The fourth-order valence-corrected chi connectivity index (χ4v) is 3.80. The molecule has 0 radical (unpaired) electrons. The van der Waals surface area contributed by atoms with Crippen LogP contribution in [0.4, 0.5) is 15.8 Å². The molecule has 7 heteroatoms. The Balaban J connectivity index is 1.64. The first kappa shape index (κ1) is 17.9. The largest absolute Gasteiger partial charge is 0.497 e. The number of hydrogen-bond acceptors (Lipinski definition) is 5. The summed E-state index contributed by atoms with van der Waals surface area (Å²) in [6, 6.07) is 16.8. The van der Waals surface area contributed by atoms with Crippen molar-refractivity contribution in [1.29, 1.82) is 0 Å². The van der Waals surface area contributed by atoms with Crippen molar-refractivity contribution in [3.63, 3.8) is 0 Å². The molecule has 0 bridgehead atoms. The van der Waals surface area contributed by atoms with Gasteiger partial charge in [-0.05, 0) is 60.7 Å². The van der Waals surface area contributed by atoms with Gasteiger partial charge in [-0.2, -0.15) is 0 Å². The van der Waals surface area contributed by atoms with Crippen LogP contribution in [-0.4, -0.2) is 18.0 Å². The lowest BCUT2D eigenvalue weighted by molar-refractivity contribution is 0.103. The second-order valence-electron chi connectivity index (χ2n) is 6.08. The second-order valence-corrected chi connectivity index (χ2v) is 7.08. The molecular formula is C21H16FN3O2S. The van der Waals surface area contributed by atoms with E-state index in [0.29, 0.717) is 32.5 Å². The van der Waals surface area contributed by atoms with Crippen LogP contribution in [0.3, 0.4) is 0 Å². The number of nitrogens with zero attached hydrogens (tertiary/aromatic N) is 1. The monoisotopic (exact) mass is 393 g/mol. The van der Waals surface area contributed by atoms with Crippen molar-refractivity contribution < 1.29 is 13.9 Å². The Hall–Kier alpha value is -3.45. The molecule has 0 saturated heterocycles. The zero-order valence-corrected chi connectivity index (χ0v) is 15.7. The Morgan fingerprint density at radius 3 is 2.46 bits per heavy atom. The van der Waals surface area contributed by atoms with Gasteiger partial charge >= 0.3 is 0 Å². The number of halogens is 1. The number of amides is 1. The van der Waals surface area contributed by atoms with E-state index < -0.39 is 0 Å². The molecule has 3 N–H and O–H groups in total. The van der Waals surface area contributed by atoms with Crippen molar-refractivity contribution in [2.24, 2.45) is 0 Å². The van der Waals surface area contributed by atoms with Crippen LogP contribution in [0.15, 0.2) is 60.7 Å². The number of nitrogens with one attached hydrogen (secondary N) is 1. The lowest BCUT2D eigenvalue weighted by Gasteiger charge is -2.05. The maximum atomic E-state index is 13.1. The highest BCUT2D eigenvalue weighted by Crippen LogP contribution is 2.34. The summed E-state index contributed by atoms with van der Waals surface area (Å²) in [7, 11) is 1.58. The average Bonchev–Trinajstić information content (AvgIpc) is 3.05. The van der Waals surface area contributed by atoms with E-state index in [1.54, 1.807) is 43.5 Å². The van der Waals surface area contributed by atoms with Crippen LogP contribution in [0.25, 0.3) is 21.5 Å². The number of carbonyl (C=O) groups excluding carboxylic acids is 1. The van der Waals surface area contributed by atoms with Gasteiger partial charge in [-0.1, -0.05) is 0 Å². The predicted molar refractivity (Wildman–Crippen MR) is 110 cm³/mol. The number of rotatable bonds is 4. The number of aromatic nitrogens is 1. The molecule has 4 rings (SSSR count). The highest BCUT2D eigenvalue weighted by Gasteiger charge is 2.18. The number of carbonyl (C=O) groups is 1. The molecule has 0 aliphatic rings. The Bertz CT molecular complexity index is 1150. The normalized spacial score (nSPS) is 10.8. The van der Waals surface area contributed by atoms with E-state index in [1.165, 1.54) is 23.5 Å². The Labute approximate surface area is 164 Å². The zero-order valence-electron chi connectivity index (χ0n) is 14.9. The van der Waals surface area contributed by atoms with Gasteiger partial charge in [0.05, 0.1) is 18.5 Å². The van der Waals surface area contributed by atoms with Crippen LogP contribution in [0.5, 0.6) is 5.75 Å². The van der Waals surface area contributed by atoms with Gasteiger partial charge < -0.3 is 15.8 Å². The number of nitrogen functional groups attached to an aromatic ring is 1. The zero-order chi connectivity index (χ0) is 19.7. The van der Waals surface area contributed by atoms with Crippen molar-refractivity contribution in [3.05, 3.63) is 71.4 Å². The number of methoxy groups -OCH3 is 1. The van der Waals surface area contributed by atoms with Gasteiger partial charge in [0.15, 0.2) is 0 Å². The Morgan fingerprint density at radius 2 is 1.79 bits per heavy atom. The molecule has 0 aliphatic heterocycles. The van der Waals surface area contributed by atoms with E-state index in [0.717, 1.165) is 10.9 Å². The third-order valence-corrected chi connectivity index (χ3v) is 5.40. The topological polar surface area (TPSA) is 77.2 Å². The lowest BCUT2D eigenvalue weighted by atomic mass is 10.1. The molecule has 2 heterocycles. The summed E-state index contributed by atoms with van der Waals surface area (Å²) >= 11 is 1.22. The Morgan fingerprint density at radius 1 is 1.07 bits per heavy atom. The van der Waals surface area contributed by atoms with Crippen LogP contribution >= 0.6 is 11.3 Å². The minimum Gasteiger partial charge on any atom is -0.497 e. The number of pyridine rings is 1. The van der Waals surface area contributed by atoms with Crippen LogP contribution in [0, 0.1) is 5.82 Å². The van der Waals surface area contributed by atoms with Gasteiger partial charge in [0.25, 0.3) is 5.91 Å². The molecule has 0 atom stereocenters. The summed E-state index contributed by atoms with van der Waals surface area (Å²) < 4.78 is 18.2. The molecule has 0 spiro atoms. The first-order valence-corrected chi connectivity index (χ1v) is 9.27. The van der Waals surface area contributed by atoms with Crippen LogP contribution in [0.1, 0.15) is 9.67 Å². The summed E-state index contributed by atoms with van der Waals surface area (Å²) in [4.78, 5) is 18.3. The number of fused-ring (bicyclic) bond motifs is 1. The fraction of sp³-hybridized carbons (Fsp3) is 0.0476. The van der Waals surface area contributed by atoms with Gasteiger partial charge in [-0.25, -0.2) is 9.37 Å². The molecule has 4 aromatic rings. The summed E-state index contributed by atoms with van der Waals surface area (Å²) in [5.74, 6) is 0.105. The number of nitrogens with two attached hydrogens (primary N) is 1. The van der Waals surface area contributed by atoms with Crippen LogP contribution in [-0.2, 0) is 0 Å². The van der Waals surface area contributed by atoms with Crippen molar-refractivity contribution in [2.45, 2.75) is 0 Å². The van der Waals surface area contributed by atoms with E-state index in [1.807, 2.05) is 12.1 Å². The maximum Gasteiger partial charge on any atom is 0.267 e. The van der Waals surface area contributed by atoms with Crippen molar-refractivity contribution in [3.8, 4) is 17.0 Å². The van der Waals surface area contributed by atoms with E-state index >= 15 is 0 Å². The summed E-state index contributed by atoms with van der Waals surface area (Å²) in [6.45, 7) is 0. The summed E-state index contributed by atoms with van der Waals surface area (Å²) in [5.41, 5.74) is 8.70. The van der Waals surface area contributed by atoms with Crippen molar-refractivity contribution in [2.75, 3.05) is 18.2 Å². The van der Waals surface area contributed by atoms with Crippen LogP contribution in [0.2, 0.25) is 0 Å². The van der Waals surface area contributed by atoms with E-state index in [-0.39, 0.29) is 11.7 Å². The first-order valence-electron chi connectivity index (χ1n) is 8.45. The standard InChI is InChI=1S/C21H16FN3O2S/c1-27-15-8-6-14(7-9-15)24-20(26)19-18(23)16-10-11-17(25-21(16)28-19)12-2-4-13(22)5-3-12/h2-11H,23H2,1H3,(H,24,26). The quantitative estimate of drug-likeness (QED) is 0.515. The minimum atomic E-state index is -0.303. The van der Waals surface area contributed by atoms with E-state index in [4.69, 9.17) is 10.5 Å². The fourth-order valence-electron chi connectivity index (χ4n) is 2.81. The van der Waals surface area contributed by atoms with Gasteiger partial charge in [0.1, 0.15) is 21.3 Å². The highest BCUT2D eigenvalue weighted by molar-refractivity contribution is 7.21. The molecule has 140 valence electrons. The average molecular weight is 393 g/mol. The van der Waals surface area contributed by atoms with E-state index in [9.17, 15) is 9.18 Å². The molecule has 0 unspecified atom stereocenters. The molecule has 5 nitrogen and oxygen atoms in total. The molecule has 0 saturated carbocycles. The number of benzene rings is 2. The Kier molecular flexibility index (Phi) is 4.67. The number of anilines is 2. The summed E-state index contributed by atoms with van der Waals surface area (Å²) in [6.07, 6.45) is 0. The smallest absolute Gasteiger partial charge is 0.267 e. The van der Waals surface area contributed by atoms with Crippen LogP contribution < -0.4 is 15.8 Å². The highest BCUT2D eigenvalue weighted by atomic mass is 32.1. The second kappa shape index (κ2) is 7.28. The minimum absolute atomic E-state index is 0.297. The number of thiophene rings is 1. The lowest BCUT2D eigenvalue weighted by Crippen LogP contribution is -2.11. The van der Waals surface area contributed by atoms with Gasteiger partial charge in [0, 0.05) is 16.6 Å². The SMILES string of the molecule is COc1ccc(NC(=O)c2sc3nc(-c4ccc(F)cc4)ccc3c2N)cc1. The first-order chi connectivity index (χ1) is 13.5. The van der Waals surface area contributed by atoms with Crippen molar-refractivity contribution >= 4 is 38.8 Å². The van der Waals surface area contributed by atoms with Gasteiger partial charge in [-0.3, -0.25) is 4.79 Å². The van der Waals surface area contributed by atoms with Gasteiger partial charge in [-0.15, -0.1) is 11.3 Å². The molecule has 28 heavy (non-hydrogen) atoms. The maximum absolute atomic E-state index is 13.1. The molecule has 0 aliphatic carbocycles. The number of hydrogen-bond donors (Lipinski definition) is 2. The van der Waals surface area contributed by atoms with E-state index in [2.05, 4.69) is 10.3 Å². The predicted octanol–water partition coefficient (Wildman–Crippen LogP) is 4.95. The molecular weight excluding hydrogens is 377 g/mol. The summed E-state index contributed by atoms with van der Waals surface area (Å²) in [5, 5.41) is 3.55. The number of ether oxygens (including phenoxy) is 1. The molecule has 1 amide bonds. The third kappa shape index (κ3) is 3.39. The van der Waals surface area contributed by atoms with Crippen molar-refractivity contribution in [1.82, 2.24) is 4.98 Å². The molecule has 2 aromatic heterocycles. The molecule has 0 fully saturated rings. The third-order valence-electron chi connectivity index (χ3n) is 4.29. The molecule has 2 aromatic carbocycles.